The summed E-state index contributed by atoms with van der Waals surface area (Å²) in [5, 5.41) is 0.861. The van der Waals surface area contributed by atoms with Crippen molar-refractivity contribution in [2.75, 3.05) is 0 Å². The fraction of sp³-hybridized carbons (Fsp3) is 0.286. The molecule has 22 heavy (non-hydrogen) atoms. The molecule has 0 aliphatic heterocycles. The van der Waals surface area contributed by atoms with E-state index >= 15 is 0 Å². The largest absolute Gasteiger partial charge is 0.248 e. The first-order chi connectivity index (χ1) is 13.3. The predicted octanol–water partition coefficient (Wildman–Crippen LogP) is 5.72. The molecule has 0 spiro atoms. The van der Waals surface area contributed by atoms with Crippen LogP contribution in [0.15, 0.2) is 48.5 Å². The van der Waals surface area contributed by atoms with Crippen LogP contribution < -0.4 is 0 Å². The van der Waals surface area contributed by atoms with Crippen molar-refractivity contribution in [1.29, 1.82) is 0 Å². The average molecular weight is 296 g/mol. The first-order valence-corrected chi connectivity index (χ1v) is 7.29. The molecular weight excluding hydrogens is 266 g/mol. The van der Waals surface area contributed by atoms with E-state index in [-0.39, 0.29) is 0 Å². The SMILES string of the molecule is [2H]C([2H])([2H])C([2H])(Cc1ccc2ccc(-c3cc(C)cc(C)c3)nc2c1)C([2H])([2H])[2H]. The van der Waals surface area contributed by atoms with E-state index in [9.17, 15) is 0 Å². The predicted molar refractivity (Wildman–Crippen MR) is 95.2 cm³/mol. The molecule has 3 aromatic rings. The van der Waals surface area contributed by atoms with Gasteiger partial charge in [-0.1, -0.05) is 49.1 Å². The van der Waals surface area contributed by atoms with Gasteiger partial charge in [0.25, 0.3) is 0 Å². The fourth-order valence-corrected chi connectivity index (χ4v) is 2.76. The van der Waals surface area contributed by atoms with E-state index in [1.54, 1.807) is 18.2 Å². The Hall–Kier alpha value is -2.15. The van der Waals surface area contributed by atoms with Gasteiger partial charge in [0.05, 0.1) is 11.2 Å². The lowest BCUT2D eigenvalue weighted by Crippen LogP contribution is -1.94. The number of rotatable bonds is 3. The number of benzene rings is 2. The van der Waals surface area contributed by atoms with Crippen molar-refractivity contribution in [2.24, 2.45) is 5.89 Å². The molecule has 1 heteroatoms. The summed E-state index contributed by atoms with van der Waals surface area (Å²) in [6.07, 6.45) is -0.411. The van der Waals surface area contributed by atoms with E-state index in [1.165, 1.54) is 0 Å². The van der Waals surface area contributed by atoms with Gasteiger partial charge in [-0.2, -0.15) is 0 Å². The fourth-order valence-electron chi connectivity index (χ4n) is 2.76. The van der Waals surface area contributed by atoms with Gasteiger partial charge in [-0.05, 0) is 56.0 Å². The zero-order chi connectivity index (χ0) is 21.6. The molecule has 2 aromatic carbocycles. The van der Waals surface area contributed by atoms with E-state index in [1.807, 2.05) is 38.1 Å². The number of aromatic nitrogens is 1. The van der Waals surface area contributed by atoms with Crippen LogP contribution in [0.25, 0.3) is 22.2 Å². The van der Waals surface area contributed by atoms with Crippen LogP contribution in [0.5, 0.6) is 0 Å². The number of pyridine rings is 1. The molecule has 0 saturated carbocycles. The molecule has 1 heterocycles. The molecule has 0 unspecified atom stereocenters. The molecule has 0 bridgehead atoms. The number of fused-ring (bicyclic) bond motifs is 1. The van der Waals surface area contributed by atoms with E-state index in [0.717, 1.165) is 27.8 Å². The smallest absolute Gasteiger partial charge is 0.0712 e. The summed E-state index contributed by atoms with van der Waals surface area (Å²) in [5.41, 5.74) is 5.12. The Morgan fingerprint density at radius 2 is 1.73 bits per heavy atom. The highest BCUT2D eigenvalue weighted by Gasteiger charge is 2.05. The molecule has 0 fully saturated rings. The molecule has 0 radical (unpaired) electrons. The number of hydrogen-bond donors (Lipinski definition) is 0. The second kappa shape index (κ2) is 5.92. The van der Waals surface area contributed by atoms with Crippen LogP contribution >= 0.6 is 0 Å². The summed E-state index contributed by atoms with van der Waals surface area (Å²) in [4.78, 5) is 4.70. The van der Waals surface area contributed by atoms with Crippen molar-refractivity contribution in [3.05, 3.63) is 65.2 Å². The van der Waals surface area contributed by atoms with Crippen LogP contribution in [-0.4, -0.2) is 4.98 Å². The maximum Gasteiger partial charge on any atom is 0.0712 e. The second-order valence-corrected chi connectivity index (χ2v) is 5.76. The minimum Gasteiger partial charge on any atom is -0.248 e. The molecule has 0 amide bonds. The van der Waals surface area contributed by atoms with Crippen LogP contribution in [-0.2, 0) is 6.42 Å². The van der Waals surface area contributed by atoms with Crippen LogP contribution in [0.1, 0.15) is 40.0 Å². The van der Waals surface area contributed by atoms with Gasteiger partial charge in [0.2, 0.25) is 0 Å². The third-order valence-corrected chi connectivity index (χ3v) is 3.65. The van der Waals surface area contributed by atoms with Gasteiger partial charge in [-0.3, -0.25) is 0 Å². The minimum absolute atomic E-state index is 0.411. The molecule has 0 aliphatic carbocycles. The number of nitrogens with zero attached hydrogens (tertiary/aromatic N) is 1. The average Bonchev–Trinajstić information content (AvgIpc) is 2.58. The summed E-state index contributed by atoms with van der Waals surface area (Å²) in [6, 6.07) is 15.2. The van der Waals surface area contributed by atoms with Gasteiger partial charge >= 0.3 is 0 Å². The Bertz CT molecular complexity index is 1020. The molecule has 0 saturated heterocycles. The summed E-state index contributed by atoms with van der Waals surface area (Å²) in [6.45, 7) is -1.84. The molecule has 0 N–H and O–H groups in total. The molecular formula is C21H23N. The third kappa shape index (κ3) is 3.19. The highest BCUT2D eigenvalue weighted by atomic mass is 14.7. The normalized spacial score (nSPS) is 17.6. The van der Waals surface area contributed by atoms with Gasteiger partial charge in [0.1, 0.15) is 0 Å². The Morgan fingerprint density at radius 1 is 1.00 bits per heavy atom. The van der Waals surface area contributed by atoms with Crippen molar-refractivity contribution in [1.82, 2.24) is 4.98 Å². The zero-order valence-electron chi connectivity index (χ0n) is 19.8. The highest BCUT2D eigenvalue weighted by Crippen LogP contribution is 2.24. The maximum absolute atomic E-state index is 8.25. The summed E-state index contributed by atoms with van der Waals surface area (Å²) >= 11 is 0. The Kier molecular flexibility index (Phi) is 2.28. The number of hydrogen-bond acceptors (Lipinski definition) is 1. The molecule has 3 rings (SSSR count). The monoisotopic (exact) mass is 296 g/mol. The summed E-state index contributed by atoms with van der Waals surface area (Å²) in [7, 11) is 0. The van der Waals surface area contributed by atoms with E-state index in [4.69, 9.17) is 14.6 Å². The zero-order valence-corrected chi connectivity index (χ0v) is 12.8. The van der Waals surface area contributed by atoms with Gasteiger partial charge in [0.15, 0.2) is 0 Å². The van der Waals surface area contributed by atoms with Crippen molar-refractivity contribution in [3.63, 3.8) is 0 Å². The molecule has 0 atom stereocenters. The van der Waals surface area contributed by atoms with Crippen LogP contribution in [0, 0.1) is 19.7 Å². The Morgan fingerprint density at radius 3 is 2.45 bits per heavy atom. The lowest BCUT2D eigenvalue weighted by Gasteiger charge is -2.09. The van der Waals surface area contributed by atoms with Crippen molar-refractivity contribution in [2.45, 2.75) is 34.0 Å². The van der Waals surface area contributed by atoms with Crippen molar-refractivity contribution < 1.29 is 9.60 Å². The van der Waals surface area contributed by atoms with Crippen molar-refractivity contribution in [3.8, 4) is 11.3 Å². The van der Waals surface area contributed by atoms with E-state index < -0.39 is 26.0 Å². The van der Waals surface area contributed by atoms with E-state index in [2.05, 4.69) is 6.07 Å². The van der Waals surface area contributed by atoms with Gasteiger partial charge < -0.3 is 0 Å². The third-order valence-electron chi connectivity index (χ3n) is 3.65. The van der Waals surface area contributed by atoms with Gasteiger partial charge in [0, 0.05) is 20.5 Å². The second-order valence-electron chi connectivity index (χ2n) is 5.76. The molecule has 112 valence electrons. The van der Waals surface area contributed by atoms with Crippen molar-refractivity contribution >= 4 is 10.9 Å². The molecule has 1 nitrogen and oxygen atoms in total. The van der Waals surface area contributed by atoms with Gasteiger partial charge in [-0.25, -0.2) is 4.98 Å². The lowest BCUT2D eigenvalue weighted by atomic mass is 10.0. The standard InChI is InChI=1S/C21H23N/c1-14(2)9-17-5-6-18-7-8-20(22-21(18)13-17)19-11-15(3)10-16(4)12-19/h5-8,10-14H,9H2,1-4H3/i1D3,2D3,14D. The first-order valence-electron chi connectivity index (χ1n) is 10.8. The van der Waals surface area contributed by atoms with Crippen LogP contribution in [0.3, 0.4) is 0 Å². The van der Waals surface area contributed by atoms with E-state index in [0.29, 0.717) is 11.1 Å². The van der Waals surface area contributed by atoms with Crippen LogP contribution in [0.2, 0.25) is 0 Å². The Labute approximate surface area is 142 Å². The Balaban J connectivity index is 2.05. The van der Waals surface area contributed by atoms with Gasteiger partial charge in [-0.15, -0.1) is 0 Å². The van der Waals surface area contributed by atoms with Crippen LogP contribution in [0.4, 0.5) is 0 Å². The topological polar surface area (TPSA) is 12.9 Å². The number of aryl methyl sites for hydroxylation is 2. The maximum atomic E-state index is 8.25. The summed E-state index contributed by atoms with van der Waals surface area (Å²) < 4.78 is 53.9. The summed E-state index contributed by atoms with van der Waals surface area (Å²) in [5.74, 6) is -2.58. The lowest BCUT2D eigenvalue weighted by molar-refractivity contribution is 0.648. The minimum atomic E-state index is -2.94. The first kappa shape index (κ1) is 8.47. The quantitative estimate of drug-likeness (QED) is 0.602. The molecule has 0 aliphatic rings. The molecule has 1 aromatic heterocycles. The highest BCUT2D eigenvalue weighted by molar-refractivity contribution is 5.82.